The van der Waals surface area contributed by atoms with Crippen LogP contribution in [0.5, 0.6) is 0 Å². The Balaban J connectivity index is 2.60. The van der Waals surface area contributed by atoms with Gasteiger partial charge in [-0.05, 0) is 24.5 Å². The lowest BCUT2D eigenvalue weighted by atomic mass is 10.2. The van der Waals surface area contributed by atoms with Gasteiger partial charge < -0.3 is 15.5 Å². The summed E-state index contributed by atoms with van der Waals surface area (Å²) in [5.41, 5.74) is 0. The molecule has 124 valence electrons. The van der Waals surface area contributed by atoms with Crippen molar-refractivity contribution in [1.82, 2.24) is 15.5 Å². The molecule has 1 rings (SSSR count). The fourth-order valence-electron chi connectivity index (χ4n) is 1.64. The van der Waals surface area contributed by atoms with Gasteiger partial charge in [0.25, 0.3) is 0 Å². The second-order valence-corrected chi connectivity index (χ2v) is 7.06. The maximum absolute atomic E-state index is 11.7. The number of aliphatic imine (C=N–C) groups is 1. The van der Waals surface area contributed by atoms with E-state index in [1.807, 2.05) is 11.3 Å². The lowest BCUT2D eigenvalue weighted by molar-refractivity contribution is -0.127. The summed E-state index contributed by atoms with van der Waals surface area (Å²) in [6.45, 7) is 8.15. The first-order valence-corrected chi connectivity index (χ1v) is 8.54. The van der Waals surface area contributed by atoms with Crippen LogP contribution in [0.25, 0.3) is 0 Å². The molecule has 0 radical (unpaired) electrons. The van der Waals surface area contributed by atoms with Crippen molar-refractivity contribution in [2.75, 3.05) is 27.2 Å². The van der Waals surface area contributed by atoms with Gasteiger partial charge in [-0.2, -0.15) is 0 Å². The number of rotatable bonds is 7. The number of amides is 1. The molecule has 1 aromatic rings. The van der Waals surface area contributed by atoms with Gasteiger partial charge in [0.2, 0.25) is 5.91 Å². The Labute approximate surface area is 137 Å². The van der Waals surface area contributed by atoms with Gasteiger partial charge >= 0.3 is 0 Å². The number of hydrogen-bond donors (Lipinski definition) is 2. The van der Waals surface area contributed by atoms with E-state index < -0.39 is 0 Å². The van der Waals surface area contributed by atoms with Gasteiger partial charge in [0, 0.05) is 30.4 Å². The van der Waals surface area contributed by atoms with Crippen LogP contribution in [0.15, 0.2) is 17.1 Å². The third-order valence-corrected chi connectivity index (χ3v) is 4.27. The Morgan fingerprint density at radius 1 is 1.27 bits per heavy atom. The SMILES string of the molecule is CCc1ccc(CNC(=NCC(=O)N(C)C)NCC(C)C)s1. The largest absolute Gasteiger partial charge is 0.356 e. The van der Waals surface area contributed by atoms with Crippen LogP contribution in [0.2, 0.25) is 0 Å². The van der Waals surface area contributed by atoms with Gasteiger partial charge in [-0.25, -0.2) is 4.99 Å². The number of likely N-dealkylation sites (N-methyl/N-ethyl adjacent to an activating group) is 1. The number of carbonyl (C=O) groups is 1. The average Bonchev–Trinajstić information content (AvgIpc) is 2.93. The molecule has 0 unspecified atom stereocenters. The fraction of sp³-hybridized carbons (Fsp3) is 0.625. The number of hydrogen-bond acceptors (Lipinski definition) is 3. The van der Waals surface area contributed by atoms with Crippen LogP contribution in [0.1, 0.15) is 30.5 Å². The molecule has 0 atom stereocenters. The minimum Gasteiger partial charge on any atom is -0.356 e. The third-order valence-electron chi connectivity index (χ3n) is 3.04. The van der Waals surface area contributed by atoms with Gasteiger partial charge in [-0.3, -0.25) is 4.79 Å². The first kappa shape index (κ1) is 18.5. The first-order valence-electron chi connectivity index (χ1n) is 7.72. The van der Waals surface area contributed by atoms with Crippen molar-refractivity contribution in [3.8, 4) is 0 Å². The predicted molar refractivity (Wildman–Crippen MR) is 94.4 cm³/mol. The van der Waals surface area contributed by atoms with Crippen LogP contribution in [-0.4, -0.2) is 44.0 Å². The lowest BCUT2D eigenvalue weighted by Gasteiger charge is -2.14. The van der Waals surface area contributed by atoms with Crippen LogP contribution in [0.3, 0.4) is 0 Å². The normalized spacial score (nSPS) is 11.6. The number of thiophene rings is 1. The highest BCUT2D eigenvalue weighted by atomic mass is 32.1. The van der Waals surface area contributed by atoms with Gasteiger partial charge in [0.15, 0.2) is 5.96 Å². The van der Waals surface area contributed by atoms with Crippen molar-refractivity contribution in [2.24, 2.45) is 10.9 Å². The molecule has 0 saturated carbocycles. The smallest absolute Gasteiger partial charge is 0.243 e. The Kier molecular flexibility index (Phi) is 7.95. The van der Waals surface area contributed by atoms with E-state index in [0.29, 0.717) is 11.9 Å². The molecule has 0 bridgehead atoms. The van der Waals surface area contributed by atoms with Crippen molar-refractivity contribution >= 4 is 23.2 Å². The van der Waals surface area contributed by atoms with Crippen LogP contribution in [-0.2, 0) is 17.8 Å². The summed E-state index contributed by atoms with van der Waals surface area (Å²) < 4.78 is 0. The van der Waals surface area contributed by atoms with Gasteiger partial charge in [0.05, 0.1) is 6.54 Å². The first-order chi connectivity index (χ1) is 10.4. The highest BCUT2D eigenvalue weighted by molar-refractivity contribution is 7.11. The van der Waals surface area contributed by atoms with E-state index in [4.69, 9.17) is 0 Å². The van der Waals surface area contributed by atoms with E-state index in [0.717, 1.165) is 19.5 Å². The molecule has 0 spiro atoms. The topological polar surface area (TPSA) is 56.7 Å². The van der Waals surface area contributed by atoms with Gasteiger partial charge in [-0.15, -0.1) is 11.3 Å². The zero-order valence-electron chi connectivity index (χ0n) is 14.3. The minimum atomic E-state index is -0.00459. The number of guanidine groups is 1. The van der Waals surface area contributed by atoms with Crippen LogP contribution in [0.4, 0.5) is 0 Å². The maximum atomic E-state index is 11.7. The van der Waals surface area contributed by atoms with Crippen molar-refractivity contribution in [3.63, 3.8) is 0 Å². The van der Waals surface area contributed by atoms with E-state index in [9.17, 15) is 4.79 Å². The standard InChI is InChI=1S/C16H28N4OS/c1-6-13-7-8-14(22-13)10-18-16(17-9-12(2)3)19-11-15(21)20(4)5/h7-8,12H,6,9-11H2,1-5H3,(H2,17,18,19). The van der Waals surface area contributed by atoms with Crippen molar-refractivity contribution in [2.45, 2.75) is 33.7 Å². The maximum Gasteiger partial charge on any atom is 0.243 e. The highest BCUT2D eigenvalue weighted by Gasteiger charge is 2.06. The van der Waals surface area contributed by atoms with Crippen LogP contribution < -0.4 is 10.6 Å². The Morgan fingerprint density at radius 2 is 1.95 bits per heavy atom. The monoisotopic (exact) mass is 324 g/mol. The molecular weight excluding hydrogens is 296 g/mol. The molecule has 1 amide bonds. The molecule has 1 aromatic heterocycles. The van der Waals surface area contributed by atoms with Crippen molar-refractivity contribution in [3.05, 3.63) is 21.9 Å². The molecular formula is C16H28N4OS. The summed E-state index contributed by atoms with van der Waals surface area (Å²) in [6.07, 6.45) is 1.06. The van der Waals surface area contributed by atoms with Crippen molar-refractivity contribution in [1.29, 1.82) is 0 Å². The third kappa shape index (κ3) is 6.93. The van der Waals surface area contributed by atoms with Gasteiger partial charge in [-0.1, -0.05) is 20.8 Å². The van der Waals surface area contributed by atoms with E-state index in [1.54, 1.807) is 19.0 Å². The summed E-state index contributed by atoms with van der Waals surface area (Å²) >= 11 is 1.81. The van der Waals surface area contributed by atoms with Crippen LogP contribution in [0, 0.1) is 5.92 Å². The summed E-state index contributed by atoms with van der Waals surface area (Å²) in [5, 5.41) is 6.58. The zero-order valence-corrected chi connectivity index (χ0v) is 15.1. The molecule has 0 aliphatic heterocycles. The molecule has 1 heterocycles. The molecule has 2 N–H and O–H groups in total. The zero-order chi connectivity index (χ0) is 16.5. The fourth-order valence-corrected chi connectivity index (χ4v) is 2.54. The molecule has 0 aromatic carbocycles. The summed E-state index contributed by atoms with van der Waals surface area (Å²) in [4.78, 5) is 20.2. The van der Waals surface area contributed by atoms with E-state index in [-0.39, 0.29) is 12.5 Å². The predicted octanol–water partition coefficient (Wildman–Crippen LogP) is 2.09. The van der Waals surface area contributed by atoms with Crippen LogP contribution >= 0.6 is 11.3 Å². The summed E-state index contributed by atoms with van der Waals surface area (Å²) in [6, 6.07) is 4.30. The summed E-state index contributed by atoms with van der Waals surface area (Å²) in [5.74, 6) is 1.20. The van der Waals surface area contributed by atoms with E-state index >= 15 is 0 Å². The highest BCUT2D eigenvalue weighted by Crippen LogP contribution is 2.16. The average molecular weight is 324 g/mol. The molecule has 0 aliphatic carbocycles. The number of carbonyl (C=O) groups excluding carboxylic acids is 1. The Hall–Kier alpha value is -1.56. The summed E-state index contributed by atoms with van der Waals surface area (Å²) in [7, 11) is 3.48. The lowest BCUT2D eigenvalue weighted by Crippen LogP contribution is -2.39. The minimum absolute atomic E-state index is 0.00459. The second-order valence-electron chi connectivity index (χ2n) is 5.80. The molecule has 0 saturated heterocycles. The number of aryl methyl sites for hydroxylation is 1. The molecule has 0 aliphatic rings. The number of nitrogens with one attached hydrogen (secondary N) is 2. The molecule has 6 heteroatoms. The molecule has 0 fully saturated rings. The quantitative estimate of drug-likeness (QED) is 0.596. The van der Waals surface area contributed by atoms with Gasteiger partial charge in [0.1, 0.15) is 6.54 Å². The van der Waals surface area contributed by atoms with Crippen molar-refractivity contribution < 1.29 is 4.79 Å². The molecule has 22 heavy (non-hydrogen) atoms. The molecule has 5 nitrogen and oxygen atoms in total. The van der Waals surface area contributed by atoms with E-state index in [1.165, 1.54) is 9.75 Å². The second kappa shape index (κ2) is 9.46. The van der Waals surface area contributed by atoms with E-state index in [2.05, 4.69) is 48.5 Å². The Morgan fingerprint density at radius 3 is 2.50 bits per heavy atom. The Bertz CT molecular complexity index is 494. The number of nitrogens with zero attached hydrogens (tertiary/aromatic N) is 2.